The molecule has 150 valence electrons. The first-order valence-corrected chi connectivity index (χ1v) is 9.28. The molecule has 1 heterocycles. The van der Waals surface area contributed by atoms with E-state index in [1.165, 1.54) is 0 Å². The zero-order valence-corrected chi connectivity index (χ0v) is 16.7. The quantitative estimate of drug-likeness (QED) is 0.572. The van der Waals surface area contributed by atoms with Crippen molar-refractivity contribution in [3.63, 3.8) is 0 Å². The van der Waals surface area contributed by atoms with E-state index < -0.39 is 11.9 Å². The van der Waals surface area contributed by atoms with E-state index in [9.17, 15) is 9.59 Å². The van der Waals surface area contributed by atoms with E-state index in [0.717, 1.165) is 5.56 Å². The Morgan fingerprint density at radius 3 is 2.55 bits per heavy atom. The van der Waals surface area contributed by atoms with Gasteiger partial charge in [-0.1, -0.05) is 47.1 Å². The Hall–Kier alpha value is -3.32. The largest absolute Gasteiger partial charge is 0.483 e. The van der Waals surface area contributed by atoms with Crippen LogP contribution in [0.15, 0.2) is 53.1 Å². The van der Waals surface area contributed by atoms with Gasteiger partial charge in [0, 0.05) is 10.6 Å². The number of halogens is 1. The summed E-state index contributed by atoms with van der Waals surface area (Å²) in [6, 6.07) is 14.0. The van der Waals surface area contributed by atoms with E-state index >= 15 is 0 Å². The fourth-order valence-electron chi connectivity index (χ4n) is 2.60. The van der Waals surface area contributed by atoms with Gasteiger partial charge in [0.25, 0.3) is 5.91 Å². The molecule has 1 amide bonds. The third kappa shape index (κ3) is 4.94. The lowest BCUT2D eigenvalue weighted by atomic mass is 10.1. The summed E-state index contributed by atoms with van der Waals surface area (Å²) in [5.41, 5.74) is 1.77. The fraction of sp³-hybridized carbons (Fsp3) is 0.190. The first-order valence-electron chi connectivity index (χ1n) is 8.90. The van der Waals surface area contributed by atoms with Gasteiger partial charge >= 0.3 is 5.97 Å². The number of carbonyl (C=O) groups excluding carboxylic acids is 2. The maximum Gasteiger partial charge on any atom is 0.346 e. The number of nitrogens with zero attached hydrogens (tertiary/aromatic N) is 1. The molecule has 0 bridgehead atoms. The summed E-state index contributed by atoms with van der Waals surface area (Å²) in [5.74, 6) is -0.675. The van der Waals surface area contributed by atoms with Crippen LogP contribution in [0, 0.1) is 6.92 Å². The molecule has 3 rings (SSSR count). The molecule has 0 aliphatic heterocycles. The molecule has 0 unspecified atom stereocenters. The summed E-state index contributed by atoms with van der Waals surface area (Å²) in [4.78, 5) is 24.8. The Morgan fingerprint density at radius 2 is 1.86 bits per heavy atom. The Balaban J connectivity index is 1.81. The highest BCUT2D eigenvalue weighted by Crippen LogP contribution is 2.30. The van der Waals surface area contributed by atoms with Gasteiger partial charge in [-0.3, -0.25) is 10.1 Å². The smallest absolute Gasteiger partial charge is 0.346 e. The number of ether oxygens (including phenoxy) is 2. The van der Waals surface area contributed by atoms with Gasteiger partial charge in [0.2, 0.25) is 5.88 Å². The number of hydrogen-bond donors (Lipinski definition) is 1. The van der Waals surface area contributed by atoms with Gasteiger partial charge in [-0.25, -0.2) is 4.79 Å². The van der Waals surface area contributed by atoms with E-state index in [1.54, 1.807) is 37.3 Å². The molecular weight excluding hydrogens is 396 g/mol. The minimum absolute atomic E-state index is 0.0263. The van der Waals surface area contributed by atoms with Gasteiger partial charge in [-0.2, -0.15) is 0 Å². The predicted molar refractivity (Wildman–Crippen MR) is 108 cm³/mol. The van der Waals surface area contributed by atoms with Gasteiger partial charge in [-0.15, -0.1) is 0 Å². The number of aryl methyl sites for hydroxylation is 1. The lowest BCUT2D eigenvalue weighted by Crippen LogP contribution is -2.21. The average molecular weight is 415 g/mol. The molecule has 0 aliphatic rings. The summed E-state index contributed by atoms with van der Waals surface area (Å²) in [6.07, 6.45) is 0. The molecule has 8 heteroatoms. The van der Waals surface area contributed by atoms with Gasteiger partial charge < -0.3 is 14.0 Å². The normalized spacial score (nSPS) is 10.4. The molecule has 0 radical (unpaired) electrons. The minimum atomic E-state index is -0.658. The second-order valence-electron chi connectivity index (χ2n) is 6.07. The SMILES string of the molecule is CCOC(=O)c1c(-c2ccc(Cl)cc2)noc1NC(=O)COc1ccccc1C. The predicted octanol–water partition coefficient (Wildman–Crippen LogP) is 4.50. The number of hydrogen-bond acceptors (Lipinski definition) is 6. The zero-order chi connectivity index (χ0) is 20.8. The number of rotatable bonds is 7. The van der Waals surface area contributed by atoms with Crippen LogP contribution in [0.3, 0.4) is 0 Å². The van der Waals surface area contributed by atoms with Crippen molar-refractivity contribution in [3.8, 4) is 17.0 Å². The van der Waals surface area contributed by atoms with Crippen molar-refractivity contribution in [2.45, 2.75) is 13.8 Å². The number of carbonyl (C=O) groups is 2. The van der Waals surface area contributed by atoms with E-state index in [4.69, 9.17) is 25.6 Å². The highest BCUT2D eigenvalue weighted by Gasteiger charge is 2.26. The second kappa shape index (κ2) is 9.25. The molecule has 29 heavy (non-hydrogen) atoms. The lowest BCUT2D eigenvalue weighted by Gasteiger charge is -2.09. The molecule has 1 N–H and O–H groups in total. The first kappa shape index (κ1) is 20.4. The number of anilines is 1. The summed E-state index contributed by atoms with van der Waals surface area (Å²) in [6.45, 7) is 3.46. The van der Waals surface area contributed by atoms with Crippen molar-refractivity contribution < 1.29 is 23.6 Å². The molecule has 0 atom stereocenters. The lowest BCUT2D eigenvalue weighted by molar-refractivity contribution is -0.118. The van der Waals surface area contributed by atoms with Gasteiger partial charge in [0.05, 0.1) is 6.61 Å². The summed E-state index contributed by atoms with van der Waals surface area (Å²) in [7, 11) is 0. The molecule has 0 fully saturated rings. The number of para-hydroxylation sites is 1. The molecule has 2 aromatic carbocycles. The van der Waals surface area contributed by atoms with Crippen LogP contribution in [0.25, 0.3) is 11.3 Å². The average Bonchev–Trinajstić information content (AvgIpc) is 3.11. The summed E-state index contributed by atoms with van der Waals surface area (Å²) >= 11 is 5.92. The van der Waals surface area contributed by atoms with Crippen LogP contribution >= 0.6 is 11.6 Å². The number of nitrogens with one attached hydrogen (secondary N) is 1. The van der Waals surface area contributed by atoms with Crippen LogP contribution in [0.2, 0.25) is 5.02 Å². The third-order valence-electron chi connectivity index (χ3n) is 3.99. The molecule has 0 spiro atoms. The van der Waals surface area contributed by atoms with Crippen LogP contribution in [0.5, 0.6) is 5.75 Å². The second-order valence-corrected chi connectivity index (χ2v) is 6.50. The van der Waals surface area contributed by atoms with Crippen LogP contribution < -0.4 is 10.1 Å². The molecule has 0 aliphatic carbocycles. The summed E-state index contributed by atoms with van der Waals surface area (Å²) < 4.78 is 15.8. The number of aromatic nitrogens is 1. The molecular formula is C21H19ClN2O5. The van der Waals surface area contributed by atoms with Crippen LogP contribution in [-0.2, 0) is 9.53 Å². The van der Waals surface area contributed by atoms with Gasteiger partial charge in [-0.05, 0) is 37.6 Å². The number of esters is 1. The zero-order valence-electron chi connectivity index (χ0n) is 15.9. The Kier molecular flexibility index (Phi) is 6.51. The highest BCUT2D eigenvalue weighted by molar-refractivity contribution is 6.30. The highest BCUT2D eigenvalue weighted by atomic mass is 35.5. The van der Waals surface area contributed by atoms with Gasteiger partial charge in [0.15, 0.2) is 12.2 Å². The fourth-order valence-corrected chi connectivity index (χ4v) is 2.72. The van der Waals surface area contributed by atoms with Crippen molar-refractivity contribution in [1.82, 2.24) is 5.16 Å². The minimum Gasteiger partial charge on any atom is -0.483 e. The monoisotopic (exact) mass is 414 g/mol. The molecule has 0 saturated carbocycles. The third-order valence-corrected chi connectivity index (χ3v) is 4.25. The Labute approximate surface area is 172 Å². The maximum atomic E-state index is 12.5. The number of benzene rings is 2. The van der Waals surface area contributed by atoms with Crippen LogP contribution in [0.4, 0.5) is 5.88 Å². The van der Waals surface area contributed by atoms with E-state index in [2.05, 4.69) is 10.5 Å². The molecule has 3 aromatic rings. The van der Waals surface area contributed by atoms with Crippen molar-refractivity contribution in [2.75, 3.05) is 18.5 Å². The van der Waals surface area contributed by atoms with Crippen molar-refractivity contribution in [1.29, 1.82) is 0 Å². The summed E-state index contributed by atoms with van der Waals surface area (Å²) in [5, 5.41) is 6.99. The first-order chi connectivity index (χ1) is 14.0. The maximum absolute atomic E-state index is 12.5. The van der Waals surface area contributed by atoms with Crippen LogP contribution in [0.1, 0.15) is 22.8 Å². The topological polar surface area (TPSA) is 90.7 Å². The van der Waals surface area contributed by atoms with Crippen molar-refractivity contribution in [2.24, 2.45) is 0 Å². The van der Waals surface area contributed by atoms with E-state index in [0.29, 0.717) is 16.3 Å². The standard InChI is InChI=1S/C21H19ClN2O5/c1-3-27-21(26)18-19(14-8-10-15(22)11-9-14)24-29-20(18)23-17(25)12-28-16-7-5-4-6-13(16)2/h4-11H,3,12H2,1-2H3,(H,23,25). The van der Waals surface area contributed by atoms with E-state index in [1.807, 2.05) is 25.1 Å². The van der Waals surface area contributed by atoms with Gasteiger partial charge in [0.1, 0.15) is 11.4 Å². The molecule has 1 aromatic heterocycles. The van der Waals surface area contributed by atoms with Crippen LogP contribution in [-0.4, -0.2) is 30.2 Å². The number of amides is 1. The van der Waals surface area contributed by atoms with Crippen molar-refractivity contribution in [3.05, 3.63) is 64.7 Å². The Morgan fingerprint density at radius 1 is 1.14 bits per heavy atom. The Bertz CT molecular complexity index is 1010. The van der Waals surface area contributed by atoms with Crippen molar-refractivity contribution >= 4 is 29.4 Å². The molecule has 7 nitrogen and oxygen atoms in total. The van der Waals surface area contributed by atoms with E-state index in [-0.39, 0.29) is 30.4 Å². The molecule has 0 saturated heterocycles.